The number of hydrogen-bond acceptors (Lipinski definition) is 2. The number of para-hydroxylation sites is 1. The third kappa shape index (κ3) is 2.79. The molecule has 4 nitrogen and oxygen atoms in total. The number of rotatable bonds is 2. The molecular formula is C23H19N3O. The van der Waals surface area contributed by atoms with E-state index in [2.05, 4.69) is 28.2 Å². The Kier molecular flexibility index (Phi) is 3.75. The Bertz CT molecular complexity index is 1130. The minimum atomic E-state index is 0.0789. The molecule has 1 aliphatic rings. The first kappa shape index (κ1) is 15.8. The van der Waals surface area contributed by atoms with Gasteiger partial charge in [-0.1, -0.05) is 30.3 Å². The number of nitrogens with zero attached hydrogens (tertiary/aromatic N) is 2. The number of benzene rings is 2. The number of nitrogens with one attached hydrogen (secondary N) is 1. The van der Waals surface area contributed by atoms with Crippen LogP contribution in [0.2, 0.25) is 0 Å². The summed E-state index contributed by atoms with van der Waals surface area (Å²) in [6.45, 7) is 1.37. The van der Waals surface area contributed by atoms with Crippen LogP contribution in [0.4, 0.5) is 0 Å². The first-order valence-corrected chi connectivity index (χ1v) is 9.18. The molecule has 0 unspecified atom stereocenters. The van der Waals surface area contributed by atoms with E-state index in [-0.39, 0.29) is 5.91 Å². The fourth-order valence-electron chi connectivity index (χ4n) is 3.93. The predicted molar refractivity (Wildman–Crippen MR) is 106 cm³/mol. The van der Waals surface area contributed by atoms with E-state index in [1.807, 2.05) is 47.4 Å². The van der Waals surface area contributed by atoms with E-state index in [0.717, 1.165) is 40.9 Å². The average Bonchev–Trinajstić information content (AvgIpc) is 3.12. The van der Waals surface area contributed by atoms with E-state index in [4.69, 9.17) is 0 Å². The van der Waals surface area contributed by atoms with Gasteiger partial charge in [-0.25, -0.2) is 0 Å². The first-order valence-electron chi connectivity index (χ1n) is 9.18. The summed E-state index contributed by atoms with van der Waals surface area (Å²) in [5.41, 5.74) is 6.48. The maximum Gasteiger partial charge on any atom is 0.254 e. The van der Waals surface area contributed by atoms with Gasteiger partial charge in [-0.2, -0.15) is 0 Å². The Morgan fingerprint density at radius 3 is 2.70 bits per heavy atom. The van der Waals surface area contributed by atoms with Crippen molar-refractivity contribution >= 4 is 16.8 Å². The maximum atomic E-state index is 13.1. The number of pyridine rings is 1. The summed E-state index contributed by atoms with van der Waals surface area (Å²) in [6.07, 6.45) is 4.42. The molecule has 0 fully saturated rings. The molecule has 5 rings (SSSR count). The van der Waals surface area contributed by atoms with Crippen molar-refractivity contribution in [2.75, 3.05) is 6.54 Å². The Morgan fingerprint density at radius 1 is 0.963 bits per heavy atom. The molecule has 0 spiro atoms. The van der Waals surface area contributed by atoms with Crippen LogP contribution in [0, 0.1) is 0 Å². The maximum absolute atomic E-state index is 13.1. The molecule has 0 radical (unpaired) electrons. The summed E-state index contributed by atoms with van der Waals surface area (Å²) < 4.78 is 0. The Hall–Kier alpha value is -3.40. The van der Waals surface area contributed by atoms with Crippen LogP contribution in [-0.4, -0.2) is 27.3 Å². The Balaban J connectivity index is 1.43. The molecule has 4 aromatic rings. The molecule has 2 aromatic heterocycles. The SMILES string of the molecule is O=C(c1cccc(-c2ccncc2)c1)N1CCc2c([nH]c3ccccc23)C1. The quantitative estimate of drug-likeness (QED) is 0.580. The van der Waals surface area contributed by atoms with E-state index < -0.39 is 0 Å². The number of amides is 1. The normalized spacial score (nSPS) is 13.6. The number of aromatic nitrogens is 2. The molecule has 0 bridgehead atoms. The highest BCUT2D eigenvalue weighted by Gasteiger charge is 2.24. The lowest BCUT2D eigenvalue weighted by Gasteiger charge is -2.27. The van der Waals surface area contributed by atoms with Gasteiger partial charge in [0, 0.05) is 41.1 Å². The predicted octanol–water partition coefficient (Wildman–Crippen LogP) is 4.43. The lowest BCUT2D eigenvalue weighted by Crippen LogP contribution is -2.35. The second kappa shape index (κ2) is 6.40. The monoisotopic (exact) mass is 353 g/mol. The Morgan fingerprint density at radius 2 is 1.81 bits per heavy atom. The number of aromatic amines is 1. The topological polar surface area (TPSA) is 49.0 Å². The molecule has 3 heterocycles. The third-order valence-corrected chi connectivity index (χ3v) is 5.29. The highest BCUT2D eigenvalue weighted by Crippen LogP contribution is 2.28. The van der Waals surface area contributed by atoms with Crippen molar-refractivity contribution in [2.24, 2.45) is 0 Å². The number of hydrogen-bond donors (Lipinski definition) is 1. The number of H-pyrrole nitrogens is 1. The van der Waals surface area contributed by atoms with Gasteiger partial charge in [-0.15, -0.1) is 0 Å². The molecule has 132 valence electrons. The van der Waals surface area contributed by atoms with Gasteiger partial charge >= 0.3 is 0 Å². The Labute approximate surface area is 157 Å². The summed E-state index contributed by atoms with van der Waals surface area (Å²) in [5.74, 6) is 0.0789. The highest BCUT2D eigenvalue weighted by molar-refractivity contribution is 5.96. The average molecular weight is 353 g/mol. The minimum absolute atomic E-state index is 0.0789. The zero-order valence-electron chi connectivity index (χ0n) is 14.9. The molecule has 4 heteroatoms. The van der Waals surface area contributed by atoms with Crippen LogP contribution in [0.5, 0.6) is 0 Å². The van der Waals surface area contributed by atoms with Gasteiger partial charge in [-0.05, 0) is 53.4 Å². The van der Waals surface area contributed by atoms with Gasteiger partial charge in [0.15, 0.2) is 0 Å². The lowest BCUT2D eigenvalue weighted by atomic mass is 10.0. The second-order valence-electron chi connectivity index (χ2n) is 6.92. The molecule has 0 saturated carbocycles. The standard InChI is InChI=1S/C23H19N3O/c27-23(18-5-3-4-17(14-18)16-8-11-24-12-9-16)26-13-10-20-19-6-1-2-7-21(19)25-22(20)15-26/h1-9,11-12,14,25H,10,13,15H2. The zero-order chi connectivity index (χ0) is 18.2. The van der Waals surface area contributed by atoms with Crippen LogP contribution in [0.15, 0.2) is 73.1 Å². The van der Waals surface area contributed by atoms with Crippen LogP contribution in [0.1, 0.15) is 21.6 Å². The fourth-order valence-corrected chi connectivity index (χ4v) is 3.93. The summed E-state index contributed by atoms with van der Waals surface area (Å²) in [6, 6.07) is 20.1. The van der Waals surface area contributed by atoms with E-state index in [1.54, 1.807) is 12.4 Å². The molecule has 0 saturated heterocycles. The lowest BCUT2D eigenvalue weighted by molar-refractivity contribution is 0.0733. The van der Waals surface area contributed by atoms with E-state index in [1.165, 1.54) is 10.9 Å². The highest BCUT2D eigenvalue weighted by atomic mass is 16.2. The summed E-state index contributed by atoms with van der Waals surface area (Å²) in [4.78, 5) is 22.6. The van der Waals surface area contributed by atoms with Gasteiger partial charge in [0.1, 0.15) is 0 Å². The van der Waals surface area contributed by atoms with Gasteiger partial charge in [0.25, 0.3) is 5.91 Å². The third-order valence-electron chi connectivity index (χ3n) is 5.29. The molecule has 1 aliphatic heterocycles. The number of carbonyl (C=O) groups excluding carboxylic acids is 1. The van der Waals surface area contributed by atoms with Crippen LogP contribution in [0.25, 0.3) is 22.0 Å². The van der Waals surface area contributed by atoms with Crippen molar-refractivity contribution in [3.63, 3.8) is 0 Å². The summed E-state index contributed by atoms with van der Waals surface area (Å²) >= 11 is 0. The molecule has 1 N–H and O–H groups in total. The van der Waals surface area contributed by atoms with E-state index in [0.29, 0.717) is 6.54 Å². The van der Waals surface area contributed by atoms with Crippen molar-refractivity contribution in [3.05, 3.63) is 89.9 Å². The first-order chi connectivity index (χ1) is 13.3. The van der Waals surface area contributed by atoms with Gasteiger partial charge in [-0.3, -0.25) is 9.78 Å². The van der Waals surface area contributed by atoms with E-state index >= 15 is 0 Å². The van der Waals surface area contributed by atoms with Crippen LogP contribution in [0.3, 0.4) is 0 Å². The summed E-state index contributed by atoms with van der Waals surface area (Å²) in [5, 5.41) is 1.28. The van der Waals surface area contributed by atoms with Crippen LogP contribution >= 0.6 is 0 Å². The minimum Gasteiger partial charge on any atom is -0.357 e. The smallest absolute Gasteiger partial charge is 0.254 e. The van der Waals surface area contributed by atoms with Crippen LogP contribution in [-0.2, 0) is 13.0 Å². The van der Waals surface area contributed by atoms with Crippen molar-refractivity contribution in [2.45, 2.75) is 13.0 Å². The number of carbonyl (C=O) groups is 1. The molecule has 27 heavy (non-hydrogen) atoms. The zero-order valence-corrected chi connectivity index (χ0v) is 14.9. The second-order valence-corrected chi connectivity index (χ2v) is 6.92. The van der Waals surface area contributed by atoms with Gasteiger partial charge in [0.05, 0.1) is 6.54 Å². The van der Waals surface area contributed by atoms with Crippen molar-refractivity contribution < 1.29 is 4.79 Å². The van der Waals surface area contributed by atoms with Gasteiger partial charge < -0.3 is 9.88 Å². The molecule has 0 atom stereocenters. The molecule has 0 aliphatic carbocycles. The largest absolute Gasteiger partial charge is 0.357 e. The fraction of sp³-hybridized carbons (Fsp3) is 0.130. The van der Waals surface area contributed by atoms with Crippen LogP contribution < -0.4 is 0 Å². The molecule has 2 aromatic carbocycles. The number of fused-ring (bicyclic) bond motifs is 3. The molecule has 1 amide bonds. The van der Waals surface area contributed by atoms with E-state index in [9.17, 15) is 4.79 Å². The summed E-state index contributed by atoms with van der Waals surface area (Å²) in [7, 11) is 0. The molecular weight excluding hydrogens is 334 g/mol. The van der Waals surface area contributed by atoms with Crippen molar-refractivity contribution in [1.29, 1.82) is 0 Å². The van der Waals surface area contributed by atoms with Crippen molar-refractivity contribution in [3.8, 4) is 11.1 Å². The van der Waals surface area contributed by atoms with Gasteiger partial charge in [0.2, 0.25) is 0 Å². The van der Waals surface area contributed by atoms with Crippen molar-refractivity contribution in [1.82, 2.24) is 14.9 Å².